The molecule has 1 aliphatic heterocycles. The Kier molecular flexibility index (Phi) is 4.85. The first-order valence-corrected chi connectivity index (χ1v) is 10.3. The van der Waals surface area contributed by atoms with Crippen LogP contribution >= 0.6 is 0 Å². The van der Waals surface area contributed by atoms with Crippen LogP contribution in [0.3, 0.4) is 0 Å². The molecule has 0 saturated carbocycles. The van der Waals surface area contributed by atoms with E-state index in [1.54, 1.807) is 17.8 Å². The zero-order valence-corrected chi connectivity index (χ0v) is 18.1. The molecule has 5 heterocycles. The smallest absolute Gasteiger partial charge is 0.332 e. The average molecular weight is 437 g/mol. The highest BCUT2D eigenvalue weighted by molar-refractivity contribution is 5.74. The van der Waals surface area contributed by atoms with E-state index < -0.39 is 11.2 Å². The third-order valence-electron chi connectivity index (χ3n) is 5.65. The molecule has 0 amide bonds. The van der Waals surface area contributed by atoms with Crippen LogP contribution in [0.1, 0.15) is 11.6 Å². The van der Waals surface area contributed by atoms with Gasteiger partial charge in [-0.3, -0.25) is 23.5 Å². The first kappa shape index (κ1) is 20.1. The van der Waals surface area contributed by atoms with Gasteiger partial charge in [-0.2, -0.15) is 4.98 Å². The van der Waals surface area contributed by atoms with Crippen molar-refractivity contribution in [2.24, 2.45) is 14.1 Å². The largest absolute Gasteiger partial charge is 0.419 e. The second kappa shape index (κ2) is 7.71. The van der Waals surface area contributed by atoms with E-state index in [1.165, 1.54) is 11.6 Å². The van der Waals surface area contributed by atoms with E-state index in [-0.39, 0.29) is 6.54 Å². The Morgan fingerprint density at radius 3 is 2.59 bits per heavy atom. The van der Waals surface area contributed by atoms with Crippen LogP contribution in [0.4, 0.5) is 5.95 Å². The summed E-state index contributed by atoms with van der Waals surface area (Å²) in [6, 6.07) is 3.74. The molecule has 1 saturated heterocycles. The lowest BCUT2D eigenvalue weighted by molar-refractivity contribution is 0.487. The van der Waals surface area contributed by atoms with Gasteiger partial charge < -0.3 is 14.6 Å². The minimum absolute atomic E-state index is 0.148. The van der Waals surface area contributed by atoms with Gasteiger partial charge in [-0.15, -0.1) is 10.2 Å². The first-order chi connectivity index (χ1) is 15.4. The molecule has 1 aliphatic rings. The third-order valence-corrected chi connectivity index (χ3v) is 5.65. The first-order valence-electron chi connectivity index (χ1n) is 10.3. The van der Waals surface area contributed by atoms with E-state index in [0.717, 1.165) is 36.4 Å². The van der Waals surface area contributed by atoms with Gasteiger partial charge in [0.05, 0.1) is 5.56 Å². The quantitative estimate of drug-likeness (QED) is 0.455. The Hall–Kier alpha value is -3.80. The summed E-state index contributed by atoms with van der Waals surface area (Å²) in [5.74, 6) is 1.27. The molecule has 0 radical (unpaired) electrons. The van der Waals surface area contributed by atoms with Crippen LogP contribution in [0.15, 0.2) is 32.3 Å². The van der Waals surface area contributed by atoms with Crippen LogP contribution in [-0.2, 0) is 20.6 Å². The predicted molar refractivity (Wildman–Crippen MR) is 117 cm³/mol. The molecule has 32 heavy (non-hydrogen) atoms. The molecule has 0 bridgehead atoms. The Labute approximate surface area is 182 Å². The van der Waals surface area contributed by atoms with Crippen LogP contribution in [0.2, 0.25) is 0 Å². The summed E-state index contributed by atoms with van der Waals surface area (Å²) in [5.41, 5.74) is 1.41. The maximum Gasteiger partial charge on any atom is 0.332 e. The zero-order chi connectivity index (χ0) is 22.4. The van der Waals surface area contributed by atoms with Gasteiger partial charge >= 0.3 is 5.69 Å². The van der Waals surface area contributed by atoms with Crippen LogP contribution in [0.5, 0.6) is 0 Å². The number of nitrogens with one attached hydrogen (secondary N) is 1. The second-order valence-electron chi connectivity index (χ2n) is 7.80. The number of hydrogen-bond donors (Lipinski definition) is 1. The van der Waals surface area contributed by atoms with Gasteiger partial charge in [0.2, 0.25) is 17.7 Å². The van der Waals surface area contributed by atoms with Crippen molar-refractivity contribution in [2.45, 2.75) is 13.5 Å². The standard InChI is InChI=1S/C20H23N9O3/c1-12-4-5-13(10-22-12)17-25-24-14(32-17)11-29-15-16(26(2)20(31)27(3)18(15)30)23-19(29)28-8-6-21-7-9-28/h4-5,10,21H,6-9,11H2,1-3H3. The van der Waals surface area contributed by atoms with Crippen molar-refractivity contribution in [1.82, 2.24) is 39.2 Å². The number of nitrogens with zero attached hydrogens (tertiary/aromatic N) is 8. The molecule has 166 valence electrons. The predicted octanol–water partition coefficient (Wildman–Crippen LogP) is -0.355. The van der Waals surface area contributed by atoms with Gasteiger partial charge in [0.25, 0.3) is 5.56 Å². The van der Waals surface area contributed by atoms with Crippen molar-refractivity contribution >= 4 is 17.1 Å². The fourth-order valence-electron chi connectivity index (χ4n) is 3.85. The summed E-state index contributed by atoms with van der Waals surface area (Å²) in [6.45, 7) is 5.09. The molecule has 0 spiro atoms. The lowest BCUT2D eigenvalue weighted by Gasteiger charge is -2.28. The molecule has 4 aromatic rings. The van der Waals surface area contributed by atoms with Gasteiger partial charge in [0, 0.05) is 52.2 Å². The molecule has 0 aromatic carbocycles. The molecule has 0 aliphatic carbocycles. The molecule has 5 rings (SSSR count). The molecular weight excluding hydrogens is 414 g/mol. The molecule has 12 heteroatoms. The molecular formula is C20H23N9O3. The number of aryl methyl sites for hydroxylation is 2. The van der Waals surface area contributed by atoms with Crippen molar-refractivity contribution in [3.05, 3.63) is 50.8 Å². The van der Waals surface area contributed by atoms with Crippen molar-refractivity contribution in [1.29, 1.82) is 0 Å². The number of hydrogen-bond acceptors (Lipinski definition) is 9. The highest BCUT2D eigenvalue weighted by atomic mass is 16.4. The van der Waals surface area contributed by atoms with Gasteiger partial charge in [0.15, 0.2) is 11.2 Å². The van der Waals surface area contributed by atoms with Crippen LogP contribution in [-0.4, -0.2) is 60.0 Å². The van der Waals surface area contributed by atoms with E-state index in [4.69, 9.17) is 4.42 Å². The number of rotatable bonds is 4. The van der Waals surface area contributed by atoms with Crippen molar-refractivity contribution in [2.75, 3.05) is 31.1 Å². The summed E-state index contributed by atoms with van der Waals surface area (Å²) < 4.78 is 10.1. The SMILES string of the molecule is Cc1ccc(-c2nnc(Cn3c(N4CCNCC4)nc4c3c(=O)n(C)c(=O)n4C)o2)cn1. The van der Waals surface area contributed by atoms with Gasteiger partial charge in [-0.05, 0) is 19.1 Å². The molecule has 4 aromatic heterocycles. The van der Waals surface area contributed by atoms with E-state index in [2.05, 4.69) is 30.4 Å². The lowest BCUT2D eigenvalue weighted by Crippen LogP contribution is -2.44. The number of anilines is 1. The minimum atomic E-state index is -0.425. The zero-order valence-electron chi connectivity index (χ0n) is 18.1. The molecule has 12 nitrogen and oxygen atoms in total. The fraction of sp³-hybridized carbons (Fsp3) is 0.400. The molecule has 1 N–H and O–H groups in total. The van der Waals surface area contributed by atoms with Crippen LogP contribution in [0.25, 0.3) is 22.6 Å². The highest BCUT2D eigenvalue weighted by Crippen LogP contribution is 2.23. The summed E-state index contributed by atoms with van der Waals surface area (Å²) in [7, 11) is 3.07. The Balaban J connectivity index is 1.63. The summed E-state index contributed by atoms with van der Waals surface area (Å²) in [6.07, 6.45) is 1.68. The molecule has 1 fully saturated rings. The summed E-state index contributed by atoms with van der Waals surface area (Å²) in [5, 5.41) is 11.6. The molecule has 0 atom stereocenters. The van der Waals surface area contributed by atoms with Gasteiger partial charge in [-0.1, -0.05) is 0 Å². The van der Waals surface area contributed by atoms with E-state index >= 15 is 0 Å². The Bertz CT molecular complexity index is 1410. The normalized spacial score (nSPS) is 14.4. The van der Waals surface area contributed by atoms with Crippen molar-refractivity contribution in [3.8, 4) is 11.5 Å². The van der Waals surface area contributed by atoms with E-state index in [9.17, 15) is 9.59 Å². The fourth-order valence-corrected chi connectivity index (χ4v) is 3.85. The van der Waals surface area contributed by atoms with Crippen LogP contribution < -0.4 is 21.5 Å². The Morgan fingerprint density at radius 2 is 1.88 bits per heavy atom. The number of piperazine rings is 1. The average Bonchev–Trinajstić information content (AvgIpc) is 3.43. The van der Waals surface area contributed by atoms with Gasteiger partial charge in [-0.25, -0.2) is 4.79 Å². The molecule has 0 unspecified atom stereocenters. The third kappa shape index (κ3) is 3.28. The highest BCUT2D eigenvalue weighted by Gasteiger charge is 2.25. The number of pyridine rings is 1. The summed E-state index contributed by atoms with van der Waals surface area (Å²) in [4.78, 5) is 36.5. The van der Waals surface area contributed by atoms with E-state index in [1.807, 2.05) is 19.1 Å². The van der Waals surface area contributed by atoms with Crippen molar-refractivity contribution in [3.63, 3.8) is 0 Å². The number of aromatic nitrogens is 7. The maximum atomic E-state index is 13.1. The number of imidazole rings is 1. The monoisotopic (exact) mass is 437 g/mol. The van der Waals surface area contributed by atoms with Crippen molar-refractivity contribution < 1.29 is 4.42 Å². The Morgan fingerprint density at radius 1 is 1.09 bits per heavy atom. The van der Waals surface area contributed by atoms with Gasteiger partial charge in [0.1, 0.15) is 6.54 Å². The lowest BCUT2D eigenvalue weighted by atomic mass is 10.2. The topological polar surface area (TPSA) is 129 Å². The van der Waals surface area contributed by atoms with Crippen LogP contribution in [0, 0.1) is 6.92 Å². The number of fused-ring (bicyclic) bond motifs is 1. The second-order valence-corrected chi connectivity index (χ2v) is 7.80. The maximum absolute atomic E-state index is 13.1. The summed E-state index contributed by atoms with van der Waals surface area (Å²) >= 11 is 0. The van der Waals surface area contributed by atoms with E-state index in [0.29, 0.717) is 34.5 Å². The minimum Gasteiger partial charge on any atom is -0.419 e.